The topological polar surface area (TPSA) is 72.2 Å². The summed E-state index contributed by atoms with van der Waals surface area (Å²) in [5.41, 5.74) is 1.18. The second kappa shape index (κ2) is 6.27. The molecule has 1 amide bonds. The summed E-state index contributed by atoms with van der Waals surface area (Å²) in [7, 11) is 0. The number of nitrogens with one attached hydrogen (secondary N) is 1. The average Bonchev–Trinajstić information content (AvgIpc) is 2.59. The molecule has 0 saturated heterocycles. The molecule has 3 rings (SSSR count). The quantitative estimate of drug-likeness (QED) is 0.590. The third kappa shape index (κ3) is 3.18. The number of hydrogen-bond donors (Lipinski definition) is 1. The average molecular weight is 306 g/mol. The minimum Gasteiger partial charge on any atom is -0.348 e. The van der Waals surface area contributed by atoms with E-state index >= 15 is 0 Å². The van der Waals surface area contributed by atoms with Crippen LogP contribution in [0.25, 0.3) is 10.8 Å². The highest BCUT2D eigenvalue weighted by Crippen LogP contribution is 2.18. The molecule has 3 aromatic rings. The van der Waals surface area contributed by atoms with Gasteiger partial charge in [0.1, 0.15) is 0 Å². The van der Waals surface area contributed by atoms with E-state index in [1.807, 2.05) is 42.5 Å². The second-order valence-electron chi connectivity index (χ2n) is 5.13. The number of nitrogens with zero attached hydrogens (tertiary/aromatic N) is 1. The van der Waals surface area contributed by atoms with Gasteiger partial charge in [-0.2, -0.15) is 0 Å². The first kappa shape index (κ1) is 14.7. The minimum absolute atomic E-state index is 0.0946. The molecular weight excluding hydrogens is 292 g/mol. The zero-order valence-corrected chi connectivity index (χ0v) is 12.2. The maximum atomic E-state index is 12.2. The van der Waals surface area contributed by atoms with Crippen molar-refractivity contribution in [3.05, 3.63) is 88.0 Å². The van der Waals surface area contributed by atoms with E-state index in [2.05, 4.69) is 5.32 Å². The van der Waals surface area contributed by atoms with Crippen LogP contribution in [0.3, 0.4) is 0 Å². The number of nitro groups is 1. The van der Waals surface area contributed by atoms with Gasteiger partial charge in [-0.25, -0.2) is 0 Å². The molecule has 5 nitrogen and oxygen atoms in total. The third-order valence-electron chi connectivity index (χ3n) is 3.64. The third-order valence-corrected chi connectivity index (χ3v) is 3.64. The van der Waals surface area contributed by atoms with Gasteiger partial charge in [0.15, 0.2) is 0 Å². The Bertz CT molecular complexity index is 885. The second-order valence-corrected chi connectivity index (χ2v) is 5.13. The van der Waals surface area contributed by atoms with Gasteiger partial charge in [-0.05, 0) is 22.4 Å². The number of benzene rings is 3. The molecular formula is C18H14N2O3. The number of amides is 1. The zero-order valence-electron chi connectivity index (χ0n) is 12.2. The Morgan fingerprint density at radius 2 is 1.74 bits per heavy atom. The van der Waals surface area contributed by atoms with Gasteiger partial charge in [0, 0.05) is 24.2 Å². The zero-order chi connectivity index (χ0) is 16.2. The summed E-state index contributed by atoms with van der Waals surface area (Å²) in [5.74, 6) is -0.332. The molecule has 0 bridgehead atoms. The molecule has 1 N–H and O–H groups in total. The van der Waals surface area contributed by atoms with Gasteiger partial charge in [-0.1, -0.05) is 48.5 Å². The van der Waals surface area contributed by atoms with Gasteiger partial charge in [-0.15, -0.1) is 0 Å². The summed E-state index contributed by atoms with van der Waals surface area (Å²) in [6.45, 7) is 0.364. The lowest BCUT2D eigenvalue weighted by Gasteiger charge is -2.08. The van der Waals surface area contributed by atoms with E-state index in [0.717, 1.165) is 16.3 Å². The molecule has 0 saturated carbocycles. The first-order chi connectivity index (χ1) is 11.1. The minimum atomic E-state index is -0.512. The molecule has 0 spiro atoms. The van der Waals surface area contributed by atoms with E-state index in [4.69, 9.17) is 0 Å². The summed E-state index contributed by atoms with van der Waals surface area (Å²) in [5, 5.41) is 15.8. The SMILES string of the molecule is O=C(NCc1cccc2ccccc12)c1cccc([N+](=O)[O-])c1. The number of non-ortho nitro benzene ring substituents is 1. The van der Waals surface area contributed by atoms with Crippen molar-refractivity contribution in [2.24, 2.45) is 0 Å². The summed E-state index contributed by atoms with van der Waals surface area (Å²) in [6, 6.07) is 19.6. The van der Waals surface area contributed by atoms with Gasteiger partial charge < -0.3 is 5.32 Å². The van der Waals surface area contributed by atoms with E-state index in [9.17, 15) is 14.9 Å². The Hall–Kier alpha value is -3.21. The molecule has 0 atom stereocenters. The first-order valence-electron chi connectivity index (χ1n) is 7.14. The van der Waals surface area contributed by atoms with E-state index < -0.39 is 4.92 Å². The van der Waals surface area contributed by atoms with E-state index in [1.54, 1.807) is 6.07 Å². The molecule has 0 aliphatic heterocycles. The standard InChI is InChI=1S/C18H14N2O3/c21-18(14-7-4-9-16(11-14)20(22)23)19-12-15-8-3-6-13-5-1-2-10-17(13)15/h1-11H,12H2,(H,19,21). The molecule has 0 heterocycles. The van der Waals surface area contributed by atoms with Crippen molar-refractivity contribution in [2.75, 3.05) is 0 Å². The molecule has 0 aromatic heterocycles. The van der Waals surface area contributed by atoms with Crippen LogP contribution < -0.4 is 5.32 Å². The van der Waals surface area contributed by atoms with Crippen molar-refractivity contribution in [1.82, 2.24) is 5.32 Å². The molecule has 5 heteroatoms. The molecule has 0 aliphatic rings. The lowest BCUT2D eigenvalue weighted by Crippen LogP contribution is -2.22. The van der Waals surface area contributed by atoms with E-state index in [-0.39, 0.29) is 17.2 Å². The number of nitro benzene ring substituents is 1. The normalized spacial score (nSPS) is 10.4. The molecule has 114 valence electrons. The maximum absolute atomic E-state index is 12.2. The van der Waals surface area contributed by atoms with Crippen molar-refractivity contribution in [3.8, 4) is 0 Å². The number of fused-ring (bicyclic) bond motifs is 1. The van der Waals surface area contributed by atoms with Crippen LogP contribution in [0.1, 0.15) is 15.9 Å². The molecule has 3 aromatic carbocycles. The van der Waals surface area contributed by atoms with Crippen LogP contribution in [0, 0.1) is 10.1 Å². The Kier molecular flexibility index (Phi) is 4.01. The van der Waals surface area contributed by atoms with Crippen molar-refractivity contribution in [3.63, 3.8) is 0 Å². The first-order valence-corrected chi connectivity index (χ1v) is 7.14. The van der Waals surface area contributed by atoms with Crippen LogP contribution in [0.15, 0.2) is 66.7 Å². The predicted molar refractivity (Wildman–Crippen MR) is 88.2 cm³/mol. The van der Waals surface area contributed by atoms with Gasteiger partial charge in [0.25, 0.3) is 11.6 Å². The van der Waals surface area contributed by atoms with Crippen LogP contribution >= 0.6 is 0 Å². The lowest BCUT2D eigenvalue weighted by molar-refractivity contribution is -0.384. The van der Waals surface area contributed by atoms with Crippen LogP contribution in [0.4, 0.5) is 5.69 Å². The van der Waals surface area contributed by atoms with E-state index in [0.29, 0.717) is 6.54 Å². The van der Waals surface area contributed by atoms with Gasteiger partial charge >= 0.3 is 0 Å². The fourth-order valence-corrected chi connectivity index (χ4v) is 2.48. The Morgan fingerprint density at radius 3 is 2.57 bits per heavy atom. The fourth-order valence-electron chi connectivity index (χ4n) is 2.48. The highest BCUT2D eigenvalue weighted by atomic mass is 16.6. The molecule has 0 aliphatic carbocycles. The number of rotatable bonds is 4. The van der Waals surface area contributed by atoms with Crippen LogP contribution in [0.5, 0.6) is 0 Å². The summed E-state index contributed by atoms with van der Waals surface area (Å²) in [4.78, 5) is 22.5. The van der Waals surface area contributed by atoms with Crippen LogP contribution in [-0.2, 0) is 6.54 Å². The Balaban J connectivity index is 1.78. The van der Waals surface area contributed by atoms with Gasteiger partial charge in [0.05, 0.1) is 4.92 Å². The molecule has 0 radical (unpaired) electrons. The van der Waals surface area contributed by atoms with Crippen LogP contribution in [-0.4, -0.2) is 10.8 Å². The Morgan fingerprint density at radius 1 is 1.00 bits per heavy atom. The highest BCUT2D eigenvalue weighted by molar-refractivity contribution is 5.95. The molecule has 0 fully saturated rings. The van der Waals surface area contributed by atoms with Crippen molar-refractivity contribution in [2.45, 2.75) is 6.54 Å². The smallest absolute Gasteiger partial charge is 0.270 e. The van der Waals surface area contributed by atoms with Crippen LogP contribution in [0.2, 0.25) is 0 Å². The number of carbonyl (C=O) groups is 1. The predicted octanol–water partition coefficient (Wildman–Crippen LogP) is 3.68. The summed E-state index contributed by atoms with van der Waals surface area (Å²) in [6.07, 6.45) is 0. The largest absolute Gasteiger partial charge is 0.348 e. The molecule has 0 unspecified atom stereocenters. The molecule has 23 heavy (non-hydrogen) atoms. The van der Waals surface area contributed by atoms with Gasteiger partial charge in [-0.3, -0.25) is 14.9 Å². The Labute approximate surface area is 132 Å². The number of carbonyl (C=O) groups excluding carboxylic acids is 1. The maximum Gasteiger partial charge on any atom is 0.270 e. The van der Waals surface area contributed by atoms with Crippen molar-refractivity contribution in [1.29, 1.82) is 0 Å². The summed E-state index contributed by atoms with van der Waals surface area (Å²) >= 11 is 0. The van der Waals surface area contributed by atoms with Crippen molar-refractivity contribution < 1.29 is 9.72 Å². The van der Waals surface area contributed by atoms with Crippen molar-refractivity contribution >= 4 is 22.4 Å². The van der Waals surface area contributed by atoms with Gasteiger partial charge in [0.2, 0.25) is 0 Å². The fraction of sp³-hybridized carbons (Fsp3) is 0.0556. The lowest BCUT2D eigenvalue weighted by atomic mass is 10.0. The monoisotopic (exact) mass is 306 g/mol. The summed E-state index contributed by atoms with van der Waals surface area (Å²) < 4.78 is 0. The highest BCUT2D eigenvalue weighted by Gasteiger charge is 2.11. The number of hydrogen-bond acceptors (Lipinski definition) is 3. The van der Waals surface area contributed by atoms with E-state index in [1.165, 1.54) is 18.2 Å².